The second-order valence-corrected chi connectivity index (χ2v) is 6.28. The van der Waals surface area contributed by atoms with E-state index < -0.39 is 0 Å². The molecule has 1 fully saturated rings. The summed E-state index contributed by atoms with van der Waals surface area (Å²) in [5.41, 5.74) is 0.599. The Hall–Kier alpha value is -1.79. The molecule has 1 aliphatic rings. The molecular weight excluding hydrogens is 328 g/mol. The maximum absolute atomic E-state index is 12.0. The number of hydrogen-bond acceptors (Lipinski definition) is 3. The lowest BCUT2D eigenvalue weighted by Gasteiger charge is -2.24. The minimum absolute atomic E-state index is 0.111. The van der Waals surface area contributed by atoms with Gasteiger partial charge in [-0.3, -0.25) is 9.79 Å². The van der Waals surface area contributed by atoms with Crippen LogP contribution in [0.2, 0.25) is 5.02 Å². The summed E-state index contributed by atoms with van der Waals surface area (Å²) in [7, 11) is 3.77. The fraction of sp³-hybridized carbons (Fsp3) is 0.529. The molecule has 0 saturated carbocycles. The van der Waals surface area contributed by atoms with E-state index in [1.807, 2.05) is 7.05 Å². The number of ether oxygens (including phenoxy) is 1. The van der Waals surface area contributed by atoms with E-state index in [4.69, 9.17) is 16.3 Å². The molecule has 0 bridgehead atoms. The number of halogens is 1. The maximum atomic E-state index is 12.0. The van der Waals surface area contributed by atoms with Gasteiger partial charge < -0.3 is 20.3 Å². The monoisotopic (exact) mass is 352 g/mol. The molecule has 24 heavy (non-hydrogen) atoms. The number of benzene rings is 1. The van der Waals surface area contributed by atoms with Crippen LogP contribution < -0.4 is 10.6 Å². The van der Waals surface area contributed by atoms with E-state index in [1.165, 1.54) is 0 Å². The van der Waals surface area contributed by atoms with Gasteiger partial charge >= 0.3 is 0 Å². The molecule has 1 aromatic rings. The van der Waals surface area contributed by atoms with Gasteiger partial charge in [-0.15, -0.1) is 0 Å². The average Bonchev–Trinajstić information content (AvgIpc) is 3.08. The first-order chi connectivity index (χ1) is 11.6. The lowest BCUT2D eigenvalue weighted by atomic mass is 10.1. The number of carbonyl (C=O) groups excluding carboxylic acids is 1. The maximum Gasteiger partial charge on any atom is 0.251 e. The molecule has 1 heterocycles. The third-order valence-electron chi connectivity index (χ3n) is 3.93. The van der Waals surface area contributed by atoms with Crippen molar-refractivity contribution in [2.45, 2.75) is 6.42 Å². The molecule has 6 nitrogen and oxygen atoms in total. The van der Waals surface area contributed by atoms with Crippen molar-refractivity contribution >= 4 is 23.5 Å². The van der Waals surface area contributed by atoms with E-state index in [-0.39, 0.29) is 5.91 Å². The molecule has 0 radical (unpaired) electrons. The summed E-state index contributed by atoms with van der Waals surface area (Å²) in [6.07, 6.45) is 1.10. The first-order valence-electron chi connectivity index (χ1n) is 8.13. The van der Waals surface area contributed by atoms with Crippen LogP contribution in [0.1, 0.15) is 16.8 Å². The molecule has 1 atom stereocenters. The number of rotatable bonds is 6. The third-order valence-corrected chi connectivity index (χ3v) is 4.18. The standard InChI is InChI=1S/C17H25ClN4O2/c1-19-17(22(2)11-13-7-10-24-12-13)21-9-8-20-16(23)14-3-5-15(18)6-4-14/h3-6,13H,7-12H2,1-2H3,(H,19,21)(H,20,23). The Labute approximate surface area is 148 Å². The van der Waals surface area contributed by atoms with E-state index in [1.54, 1.807) is 31.3 Å². The van der Waals surface area contributed by atoms with Crippen molar-refractivity contribution in [1.29, 1.82) is 0 Å². The summed E-state index contributed by atoms with van der Waals surface area (Å²) in [5, 5.41) is 6.75. The SMILES string of the molecule is CN=C(NCCNC(=O)c1ccc(Cl)cc1)N(C)CC1CCOC1. The smallest absolute Gasteiger partial charge is 0.251 e. The highest BCUT2D eigenvalue weighted by atomic mass is 35.5. The van der Waals surface area contributed by atoms with Gasteiger partial charge in [-0.2, -0.15) is 0 Å². The van der Waals surface area contributed by atoms with Crippen LogP contribution in [0.5, 0.6) is 0 Å². The number of carbonyl (C=O) groups is 1. The number of nitrogens with zero attached hydrogens (tertiary/aromatic N) is 2. The Morgan fingerprint density at radius 1 is 1.33 bits per heavy atom. The van der Waals surface area contributed by atoms with Crippen LogP contribution in [-0.2, 0) is 4.74 Å². The normalized spacial score (nSPS) is 17.6. The van der Waals surface area contributed by atoms with Crippen LogP contribution in [0.4, 0.5) is 0 Å². The van der Waals surface area contributed by atoms with Crippen LogP contribution >= 0.6 is 11.6 Å². The first-order valence-corrected chi connectivity index (χ1v) is 8.51. The van der Waals surface area contributed by atoms with E-state index in [0.29, 0.717) is 29.6 Å². The number of hydrogen-bond donors (Lipinski definition) is 2. The highest BCUT2D eigenvalue weighted by Gasteiger charge is 2.18. The summed E-state index contributed by atoms with van der Waals surface area (Å²) in [4.78, 5) is 18.4. The average molecular weight is 353 g/mol. The van der Waals surface area contributed by atoms with Gasteiger partial charge in [0.2, 0.25) is 0 Å². The van der Waals surface area contributed by atoms with Crippen molar-refractivity contribution in [3.05, 3.63) is 34.9 Å². The van der Waals surface area contributed by atoms with Gasteiger partial charge in [-0.1, -0.05) is 11.6 Å². The highest BCUT2D eigenvalue weighted by molar-refractivity contribution is 6.30. The zero-order valence-electron chi connectivity index (χ0n) is 14.2. The van der Waals surface area contributed by atoms with E-state index in [0.717, 1.165) is 32.1 Å². The molecule has 1 amide bonds. The number of nitrogens with one attached hydrogen (secondary N) is 2. The molecule has 2 rings (SSSR count). The van der Waals surface area contributed by atoms with Crippen LogP contribution in [0.25, 0.3) is 0 Å². The van der Waals surface area contributed by atoms with Crippen molar-refractivity contribution in [3.63, 3.8) is 0 Å². The quantitative estimate of drug-likeness (QED) is 0.464. The van der Waals surface area contributed by atoms with Crippen molar-refractivity contribution in [2.24, 2.45) is 10.9 Å². The van der Waals surface area contributed by atoms with Crippen LogP contribution in [0.3, 0.4) is 0 Å². The van der Waals surface area contributed by atoms with Gasteiger partial charge in [0.05, 0.1) is 6.61 Å². The zero-order chi connectivity index (χ0) is 17.4. The Morgan fingerprint density at radius 2 is 2.04 bits per heavy atom. The van der Waals surface area contributed by atoms with Crippen molar-refractivity contribution in [2.75, 3.05) is 46.9 Å². The summed E-state index contributed by atoms with van der Waals surface area (Å²) in [6.45, 7) is 3.70. The van der Waals surface area contributed by atoms with Gasteiger partial charge in [0.15, 0.2) is 5.96 Å². The topological polar surface area (TPSA) is 66.0 Å². The van der Waals surface area contributed by atoms with E-state index in [2.05, 4.69) is 20.5 Å². The molecule has 1 aliphatic heterocycles. The molecular formula is C17H25ClN4O2. The Kier molecular flexibility index (Phi) is 7.34. The summed E-state index contributed by atoms with van der Waals surface area (Å²) >= 11 is 5.82. The van der Waals surface area contributed by atoms with Gasteiger partial charge in [-0.05, 0) is 30.7 Å². The molecule has 2 N–H and O–H groups in total. The molecule has 7 heteroatoms. The van der Waals surface area contributed by atoms with Crippen LogP contribution in [-0.4, -0.2) is 63.7 Å². The molecule has 0 aromatic heterocycles. The van der Waals surface area contributed by atoms with Crippen LogP contribution in [0, 0.1) is 5.92 Å². The first kappa shape index (κ1) is 18.5. The number of amides is 1. The Balaban J connectivity index is 1.69. The minimum atomic E-state index is -0.111. The summed E-state index contributed by atoms with van der Waals surface area (Å²) in [6, 6.07) is 6.83. The highest BCUT2D eigenvalue weighted by Crippen LogP contribution is 2.13. The van der Waals surface area contributed by atoms with Crippen LogP contribution in [0.15, 0.2) is 29.3 Å². The second kappa shape index (κ2) is 9.49. The van der Waals surface area contributed by atoms with E-state index in [9.17, 15) is 4.79 Å². The van der Waals surface area contributed by atoms with Crippen molar-refractivity contribution < 1.29 is 9.53 Å². The predicted molar refractivity (Wildman–Crippen MR) is 96.7 cm³/mol. The van der Waals surface area contributed by atoms with Gasteiger partial charge in [0, 0.05) is 56.8 Å². The third kappa shape index (κ3) is 5.69. The summed E-state index contributed by atoms with van der Waals surface area (Å²) < 4.78 is 5.40. The lowest BCUT2D eigenvalue weighted by Crippen LogP contribution is -2.44. The fourth-order valence-electron chi connectivity index (χ4n) is 2.64. The van der Waals surface area contributed by atoms with Crippen molar-refractivity contribution in [1.82, 2.24) is 15.5 Å². The molecule has 1 saturated heterocycles. The zero-order valence-corrected chi connectivity index (χ0v) is 15.0. The predicted octanol–water partition coefficient (Wildman–Crippen LogP) is 1.61. The minimum Gasteiger partial charge on any atom is -0.381 e. The fourth-order valence-corrected chi connectivity index (χ4v) is 2.77. The lowest BCUT2D eigenvalue weighted by molar-refractivity contribution is 0.0954. The molecule has 1 unspecified atom stereocenters. The van der Waals surface area contributed by atoms with Crippen molar-refractivity contribution in [3.8, 4) is 0 Å². The summed E-state index contributed by atoms with van der Waals surface area (Å²) in [5.74, 6) is 1.26. The molecule has 132 valence electrons. The Morgan fingerprint density at radius 3 is 2.67 bits per heavy atom. The number of aliphatic imine (C=N–C) groups is 1. The molecule has 1 aromatic carbocycles. The van der Waals surface area contributed by atoms with Gasteiger partial charge in [0.1, 0.15) is 0 Å². The molecule has 0 aliphatic carbocycles. The van der Waals surface area contributed by atoms with E-state index >= 15 is 0 Å². The largest absolute Gasteiger partial charge is 0.381 e. The number of guanidine groups is 1. The second-order valence-electron chi connectivity index (χ2n) is 5.85. The molecule has 0 spiro atoms. The van der Waals surface area contributed by atoms with Gasteiger partial charge in [0.25, 0.3) is 5.91 Å². The Bertz CT molecular complexity index is 556. The van der Waals surface area contributed by atoms with Gasteiger partial charge in [-0.25, -0.2) is 0 Å².